The number of furan rings is 1. The third kappa shape index (κ3) is 4.03. The second-order valence-corrected chi connectivity index (χ2v) is 6.51. The van der Waals surface area contributed by atoms with E-state index in [1.165, 1.54) is 6.26 Å². The smallest absolute Gasteiger partial charge is 0.291 e. The molecule has 4 aromatic rings. The average Bonchev–Trinajstić information content (AvgIpc) is 3.38. The highest BCUT2D eigenvalue weighted by atomic mass is 16.3. The maximum absolute atomic E-state index is 12.6. The van der Waals surface area contributed by atoms with Crippen molar-refractivity contribution in [1.29, 1.82) is 0 Å². The van der Waals surface area contributed by atoms with Gasteiger partial charge in [0, 0.05) is 17.8 Å². The summed E-state index contributed by atoms with van der Waals surface area (Å²) in [5, 5.41) is 5.62. The van der Waals surface area contributed by atoms with E-state index < -0.39 is 0 Å². The van der Waals surface area contributed by atoms with Gasteiger partial charge >= 0.3 is 0 Å². The SMILES string of the molecule is CCc1nc2ccccc2n1CC(=O)Nc1ccc(NC(=O)c2ccco2)cc1. The summed E-state index contributed by atoms with van der Waals surface area (Å²) in [4.78, 5) is 29.2. The second-order valence-electron chi connectivity index (χ2n) is 6.51. The average molecular weight is 388 g/mol. The lowest BCUT2D eigenvalue weighted by atomic mass is 10.2. The molecule has 2 N–H and O–H groups in total. The van der Waals surface area contributed by atoms with E-state index in [-0.39, 0.29) is 24.1 Å². The zero-order valence-corrected chi connectivity index (χ0v) is 15.9. The standard InChI is InChI=1S/C22H20N4O3/c1-2-20-25-17-6-3-4-7-18(17)26(20)14-21(27)23-15-9-11-16(12-10-15)24-22(28)19-8-5-13-29-19/h3-13H,2,14H2,1H3,(H,23,27)(H,24,28). The topological polar surface area (TPSA) is 89.2 Å². The summed E-state index contributed by atoms with van der Waals surface area (Å²) in [7, 11) is 0. The Labute approximate surface area is 167 Å². The molecule has 0 unspecified atom stereocenters. The maximum Gasteiger partial charge on any atom is 0.291 e. The summed E-state index contributed by atoms with van der Waals surface area (Å²) in [5.74, 6) is 0.639. The van der Waals surface area contributed by atoms with Gasteiger partial charge in [0.1, 0.15) is 12.4 Å². The molecular formula is C22H20N4O3. The minimum Gasteiger partial charge on any atom is -0.459 e. The number of nitrogens with zero attached hydrogens (tertiary/aromatic N) is 2. The number of amides is 2. The van der Waals surface area contributed by atoms with E-state index in [0.29, 0.717) is 11.4 Å². The molecule has 0 aliphatic heterocycles. The van der Waals surface area contributed by atoms with E-state index in [2.05, 4.69) is 15.6 Å². The van der Waals surface area contributed by atoms with Gasteiger partial charge in [-0.1, -0.05) is 19.1 Å². The van der Waals surface area contributed by atoms with Gasteiger partial charge < -0.3 is 19.6 Å². The molecule has 2 aromatic heterocycles. The first-order valence-corrected chi connectivity index (χ1v) is 9.33. The molecular weight excluding hydrogens is 368 g/mol. The number of rotatable bonds is 6. The molecule has 29 heavy (non-hydrogen) atoms. The Morgan fingerprint density at radius 1 is 0.966 bits per heavy atom. The van der Waals surface area contributed by atoms with Gasteiger partial charge in [-0.15, -0.1) is 0 Å². The van der Waals surface area contributed by atoms with Crippen LogP contribution in [0.15, 0.2) is 71.3 Å². The number of fused-ring (bicyclic) bond motifs is 1. The number of imidazole rings is 1. The van der Waals surface area contributed by atoms with Crippen LogP contribution in [0.1, 0.15) is 23.3 Å². The van der Waals surface area contributed by atoms with Crippen LogP contribution < -0.4 is 10.6 Å². The van der Waals surface area contributed by atoms with Crippen LogP contribution in [0.4, 0.5) is 11.4 Å². The molecule has 0 aliphatic carbocycles. The molecule has 0 spiro atoms. The zero-order valence-electron chi connectivity index (χ0n) is 15.9. The largest absolute Gasteiger partial charge is 0.459 e. The molecule has 0 bridgehead atoms. The van der Waals surface area contributed by atoms with Crippen LogP contribution in [0, 0.1) is 0 Å². The number of aromatic nitrogens is 2. The number of nitrogens with one attached hydrogen (secondary N) is 2. The molecule has 2 heterocycles. The van der Waals surface area contributed by atoms with Crippen LogP contribution in [0.2, 0.25) is 0 Å². The quantitative estimate of drug-likeness (QED) is 0.521. The summed E-state index contributed by atoms with van der Waals surface area (Å²) in [6, 6.07) is 17.9. The third-order valence-electron chi connectivity index (χ3n) is 4.52. The molecule has 0 saturated heterocycles. The molecule has 2 amide bonds. The summed E-state index contributed by atoms with van der Waals surface area (Å²) >= 11 is 0. The Morgan fingerprint density at radius 3 is 2.38 bits per heavy atom. The maximum atomic E-state index is 12.6. The van der Waals surface area contributed by atoms with E-state index in [1.54, 1.807) is 36.4 Å². The number of para-hydroxylation sites is 2. The molecule has 2 aromatic carbocycles. The Hall–Kier alpha value is -3.87. The van der Waals surface area contributed by atoms with Crippen molar-refractivity contribution >= 4 is 34.2 Å². The fraction of sp³-hybridized carbons (Fsp3) is 0.136. The number of carbonyl (C=O) groups excluding carboxylic acids is 2. The van der Waals surface area contributed by atoms with Crippen LogP contribution in [0.5, 0.6) is 0 Å². The Bertz CT molecular complexity index is 1140. The highest BCUT2D eigenvalue weighted by Crippen LogP contribution is 2.18. The predicted molar refractivity (Wildman–Crippen MR) is 111 cm³/mol. The van der Waals surface area contributed by atoms with E-state index >= 15 is 0 Å². The number of benzene rings is 2. The first kappa shape index (κ1) is 18.5. The molecule has 0 radical (unpaired) electrons. The van der Waals surface area contributed by atoms with E-state index in [9.17, 15) is 9.59 Å². The monoisotopic (exact) mass is 388 g/mol. The fourth-order valence-corrected chi connectivity index (χ4v) is 3.15. The van der Waals surface area contributed by atoms with Crippen molar-refractivity contribution in [3.63, 3.8) is 0 Å². The van der Waals surface area contributed by atoms with Crippen LogP contribution in [0.25, 0.3) is 11.0 Å². The van der Waals surface area contributed by atoms with Crippen LogP contribution >= 0.6 is 0 Å². The summed E-state index contributed by atoms with van der Waals surface area (Å²) in [6.07, 6.45) is 2.19. The summed E-state index contributed by atoms with van der Waals surface area (Å²) in [6.45, 7) is 2.20. The number of carbonyl (C=O) groups is 2. The van der Waals surface area contributed by atoms with Gasteiger partial charge in [-0.2, -0.15) is 0 Å². The van der Waals surface area contributed by atoms with Gasteiger partial charge in [0.2, 0.25) is 5.91 Å². The molecule has 0 aliphatic rings. The van der Waals surface area contributed by atoms with Crippen molar-refractivity contribution < 1.29 is 14.0 Å². The highest BCUT2D eigenvalue weighted by molar-refractivity contribution is 6.02. The van der Waals surface area contributed by atoms with Gasteiger partial charge in [-0.3, -0.25) is 9.59 Å². The van der Waals surface area contributed by atoms with Crippen molar-refractivity contribution in [2.75, 3.05) is 10.6 Å². The number of aryl methyl sites for hydroxylation is 1. The van der Waals surface area contributed by atoms with Gasteiger partial charge in [0.15, 0.2) is 5.76 Å². The molecule has 0 atom stereocenters. The Kier molecular flexibility index (Phi) is 5.11. The van der Waals surface area contributed by atoms with E-state index in [0.717, 1.165) is 23.3 Å². The van der Waals surface area contributed by atoms with Crippen molar-refractivity contribution in [2.24, 2.45) is 0 Å². The minimum atomic E-state index is -0.328. The first-order valence-electron chi connectivity index (χ1n) is 9.33. The lowest BCUT2D eigenvalue weighted by Gasteiger charge is -2.10. The Morgan fingerprint density at radius 2 is 1.69 bits per heavy atom. The van der Waals surface area contributed by atoms with Crippen LogP contribution in [-0.2, 0) is 17.8 Å². The van der Waals surface area contributed by atoms with Crippen molar-refractivity contribution in [3.8, 4) is 0 Å². The minimum absolute atomic E-state index is 0.143. The number of hydrogen-bond donors (Lipinski definition) is 2. The normalized spacial score (nSPS) is 10.8. The Balaban J connectivity index is 1.42. The highest BCUT2D eigenvalue weighted by Gasteiger charge is 2.13. The molecule has 7 heteroatoms. The third-order valence-corrected chi connectivity index (χ3v) is 4.52. The van der Waals surface area contributed by atoms with Gasteiger partial charge in [0.25, 0.3) is 5.91 Å². The van der Waals surface area contributed by atoms with Crippen molar-refractivity contribution in [1.82, 2.24) is 9.55 Å². The molecule has 0 saturated carbocycles. The summed E-state index contributed by atoms with van der Waals surface area (Å²) < 4.78 is 7.00. The predicted octanol–water partition coefficient (Wildman–Crippen LogP) is 4.08. The first-order chi connectivity index (χ1) is 14.1. The van der Waals surface area contributed by atoms with Crippen molar-refractivity contribution in [3.05, 3.63) is 78.5 Å². The van der Waals surface area contributed by atoms with Crippen molar-refractivity contribution in [2.45, 2.75) is 19.9 Å². The van der Waals surface area contributed by atoms with Gasteiger partial charge in [-0.25, -0.2) is 4.98 Å². The molecule has 7 nitrogen and oxygen atoms in total. The van der Waals surface area contributed by atoms with Gasteiger partial charge in [0.05, 0.1) is 17.3 Å². The summed E-state index contributed by atoms with van der Waals surface area (Å²) in [5.41, 5.74) is 3.08. The molecule has 146 valence electrons. The molecule has 4 rings (SSSR count). The zero-order chi connectivity index (χ0) is 20.2. The van der Waals surface area contributed by atoms with Crippen LogP contribution in [-0.4, -0.2) is 21.4 Å². The number of hydrogen-bond acceptors (Lipinski definition) is 4. The second kappa shape index (κ2) is 8.02. The number of anilines is 2. The van der Waals surface area contributed by atoms with E-state index in [1.807, 2.05) is 35.8 Å². The lowest BCUT2D eigenvalue weighted by molar-refractivity contribution is -0.116. The van der Waals surface area contributed by atoms with Gasteiger partial charge in [-0.05, 0) is 48.5 Å². The molecule has 0 fully saturated rings. The van der Waals surface area contributed by atoms with Crippen LogP contribution in [0.3, 0.4) is 0 Å². The van der Waals surface area contributed by atoms with E-state index in [4.69, 9.17) is 4.42 Å². The lowest BCUT2D eigenvalue weighted by Crippen LogP contribution is -2.20. The fourth-order valence-electron chi connectivity index (χ4n) is 3.15.